The van der Waals surface area contributed by atoms with Crippen LogP contribution in [0.4, 0.5) is 0 Å². The highest BCUT2D eigenvalue weighted by atomic mass is 16.4. The van der Waals surface area contributed by atoms with Gasteiger partial charge < -0.3 is 15.0 Å². The summed E-state index contributed by atoms with van der Waals surface area (Å²) in [5, 5.41) is 12.9. The van der Waals surface area contributed by atoms with E-state index in [9.17, 15) is 14.7 Å². The van der Waals surface area contributed by atoms with E-state index in [-0.39, 0.29) is 18.0 Å². The molecule has 0 saturated heterocycles. The minimum absolute atomic E-state index is 0.101. The molecule has 5 heteroatoms. The Bertz CT molecular complexity index is 631. The van der Waals surface area contributed by atoms with Gasteiger partial charge in [-0.05, 0) is 18.6 Å². The summed E-state index contributed by atoms with van der Waals surface area (Å²) in [7, 11) is 0. The van der Waals surface area contributed by atoms with Gasteiger partial charge in [-0.15, -0.1) is 0 Å². The van der Waals surface area contributed by atoms with Gasteiger partial charge in [-0.25, -0.2) is 4.79 Å². The number of nitrogens with one attached hydrogen (secondary N) is 1. The fourth-order valence-electron chi connectivity index (χ4n) is 2.18. The molecule has 106 valence electrons. The van der Waals surface area contributed by atoms with Crippen LogP contribution in [0, 0.1) is 0 Å². The molecule has 0 fully saturated rings. The average molecular weight is 274 g/mol. The number of unbranched alkanes of at least 4 members (excludes halogenated alkanes) is 1. The normalized spacial score (nSPS) is 10.7. The summed E-state index contributed by atoms with van der Waals surface area (Å²) in [5.74, 6) is -1.09. The predicted molar refractivity (Wildman–Crippen MR) is 76.8 cm³/mol. The van der Waals surface area contributed by atoms with Crippen LogP contribution in [0.25, 0.3) is 10.9 Å². The van der Waals surface area contributed by atoms with Crippen molar-refractivity contribution >= 4 is 22.8 Å². The maximum absolute atomic E-state index is 11.8. The van der Waals surface area contributed by atoms with Gasteiger partial charge >= 0.3 is 5.97 Å². The summed E-state index contributed by atoms with van der Waals surface area (Å²) in [4.78, 5) is 23.1. The standard InChI is InChI=1S/C15H18N2O3/c1-2-3-8-16-13(18)10-17-9-7-11-5-4-6-12(14(11)17)15(19)20/h4-7,9H,2-3,8,10H2,1H3,(H,16,18)(H,19,20). The Morgan fingerprint density at radius 2 is 2.10 bits per heavy atom. The summed E-state index contributed by atoms with van der Waals surface area (Å²) >= 11 is 0. The number of rotatable bonds is 6. The Labute approximate surface area is 117 Å². The predicted octanol–water partition coefficient (Wildman–Crippen LogP) is 2.26. The molecule has 1 aromatic carbocycles. The van der Waals surface area contributed by atoms with Crippen LogP contribution in [0.15, 0.2) is 30.5 Å². The quantitative estimate of drug-likeness (QED) is 0.794. The molecule has 0 aliphatic carbocycles. The fraction of sp³-hybridized carbons (Fsp3) is 0.333. The zero-order chi connectivity index (χ0) is 14.5. The summed E-state index contributed by atoms with van der Waals surface area (Å²) < 4.78 is 1.68. The maximum Gasteiger partial charge on any atom is 0.337 e. The first kappa shape index (κ1) is 14.1. The van der Waals surface area contributed by atoms with Gasteiger partial charge in [0.05, 0.1) is 11.1 Å². The van der Waals surface area contributed by atoms with Crippen molar-refractivity contribution in [1.82, 2.24) is 9.88 Å². The van der Waals surface area contributed by atoms with Crippen LogP contribution >= 0.6 is 0 Å². The van der Waals surface area contributed by atoms with Crippen molar-refractivity contribution in [2.45, 2.75) is 26.3 Å². The van der Waals surface area contributed by atoms with Gasteiger partial charge in [-0.2, -0.15) is 0 Å². The maximum atomic E-state index is 11.8. The largest absolute Gasteiger partial charge is 0.478 e. The van der Waals surface area contributed by atoms with E-state index in [2.05, 4.69) is 12.2 Å². The number of hydrogen-bond donors (Lipinski definition) is 2. The second-order valence-corrected chi connectivity index (χ2v) is 4.70. The van der Waals surface area contributed by atoms with Crippen molar-refractivity contribution < 1.29 is 14.7 Å². The molecule has 0 unspecified atom stereocenters. The molecule has 20 heavy (non-hydrogen) atoms. The van der Waals surface area contributed by atoms with Crippen molar-refractivity contribution in [2.75, 3.05) is 6.54 Å². The van der Waals surface area contributed by atoms with Gasteiger partial charge in [0.1, 0.15) is 6.54 Å². The molecule has 0 aliphatic rings. The zero-order valence-corrected chi connectivity index (χ0v) is 11.4. The number of hydrogen-bond acceptors (Lipinski definition) is 2. The number of aromatic nitrogens is 1. The SMILES string of the molecule is CCCCNC(=O)Cn1ccc2cccc(C(=O)O)c21. The topological polar surface area (TPSA) is 71.3 Å². The van der Waals surface area contributed by atoms with Crippen LogP contribution in [0.2, 0.25) is 0 Å². The molecule has 2 aromatic rings. The van der Waals surface area contributed by atoms with E-state index in [0.717, 1.165) is 18.2 Å². The number of carboxylic acid groups (broad SMARTS) is 1. The van der Waals surface area contributed by atoms with E-state index in [1.165, 1.54) is 0 Å². The van der Waals surface area contributed by atoms with Crippen LogP contribution < -0.4 is 5.32 Å². The highest BCUT2D eigenvalue weighted by molar-refractivity contribution is 6.02. The Morgan fingerprint density at radius 1 is 1.30 bits per heavy atom. The number of carbonyl (C=O) groups is 2. The summed E-state index contributed by atoms with van der Waals surface area (Å²) in [6, 6.07) is 6.92. The van der Waals surface area contributed by atoms with Crippen molar-refractivity contribution in [3.8, 4) is 0 Å². The molecular formula is C15H18N2O3. The van der Waals surface area contributed by atoms with Crippen LogP contribution in [-0.2, 0) is 11.3 Å². The number of aromatic carboxylic acids is 1. The molecule has 5 nitrogen and oxygen atoms in total. The molecule has 2 N–H and O–H groups in total. The number of para-hydroxylation sites is 1. The molecule has 0 aliphatic heterocycles. The molecule has 0 atom stereocenters. The van der Waals surface area contributed by atoms with Crippen molar-refractivity contribution in [1.29, 1.82) is 0 Å². The van der Waals surface area contributed by atoms with E-state index in [0.29, 0.717) is 12.1 Å². The Morgan fingerprint density at radius 3 is 2.80 bits per heavy atom. The highest BCUT2D eigenvalue weighted by Crippen LogP contribution is 2.20. The first-order valence-corrected chi connectivity index (χ1v) is 6.71. The van der Waals surface area contributed by atoms with Gasteiger partial charge in [0.2, 0.25) is 5.91 Å². The summed E-state index contributed by atoms with van der Waals surface area (Å²) in [5.41, 5.74) is 0.805. The second-order valence-electron chi connectivity index (χ2n) is 4.70. The van der Waals surface area contributed by atoms with Gasteiger partial charge in [-0.3, -0.25) is 4.79 Å². The highest BCUT2D eigenvalue weighted by Gasteiger charge is 2.13. The fourth-order valence-corrected chi connectivity index (χ4v) is 2.18. The molecule has 0 radical (unpaired) electrons. The first-order chi connectivity index (χ1) is 9.63. The van der Waals surface area contributed by atoms with Crippen LogP contribution in [0.3, 0.4) is 0 Å². The van der Waals surface area contributed by atoms with Gasteiger partial charge in [0, 0.05) is 18.1 Å². The molecule has 1 aromatic heterocycles. The minimum atomic E-state index is -0.984. The lowest BCUT2D eigenvalue weighted by Crippen LogP contribution is -2.28. The number of carbonyl (C=O) groups excluding carboxylic acids is 1. The number of fused-ring (bicyclic) bond motifs is 1. The lowest BCUT2D eigenvalue weighted by atomic mass is 10.1. The molecule has 1 heterocycles. The minimum Gasteiger partial charge on any atom is -0.478 e. The Hall–Kier alpha value is -2.30. The van der Waals surface area contributed by atoms with E-state index < -0.39 is 5.97 Å². The Kier molecular flexibility index (Phi) is 4.40. The number of benzene rings is 1. The van der Waals surface area contributed by atoms with Crippen molar-refractivity contribution in [2.24, 2.45) is 0 Å². The molecular weight excluding hydrogens is 256 g/mol. The third kappa shape index (κ3) is 2.99. The third-order valence-corrected chi connectivity index (χ3v) is 3.19. The first-order valence-electron chi connectivity index (χ1n) is 6.71. The van der Waals surface area contributed by atoms with E-state index >= 15 is 0 Å². The summed E-state index contributed by atoms with van der Waals surface area (Å²) in [6.07, 6.45) is 3.71. The van der Waals surface area contributed by atoms with Gasteiger partial charge in [0.15, 0.2) is 0 Å². The Balaban J connectivity index is 2.22. The van der Waals surface area contributed by atoms with Crippen molar-refractivity contribution in [3.63, 3.8) is 0 Å². The third-order valence-electron chi connectivity index (χ3n) is 3.19. The lowest BCUT2D eigenvalue weighted by Gasteiger charge is -2.08. The number of carboxylic acids is 1. The summed E-state index contributed by atoms with van der Waals surface area (Å²) in [6.45, 7) is 2.85. The molecule has 0 saturated carbocycles. The average Bonchev–Trinajstić information content (AvgIpc) is 2.82. The number of amides is 1. The van der Waals surface area contributed by atoms with E-state index in [1.807, 2.05) is 12.1 Å². The van der Waals surface area contributed by atoms with Crippen molar-refractivity contribution in [3.05, 3.63) is 36.0 Å². The smallest absolute Gasteiger partial charge is 0.337 e. The van der Waals surface area contributed by atoms with Crippen LogP contribution in [0.1, 0.15) is 30.1 Å². The second kappa shape index (κ2) is 6.23. The van der Waals surface area contributed by atoms with E-state index in [4.69, 9.17) is 0 Å². The number of nitrogens with zero attached hydrogens (tertiary/aromatic N) is 1. The molecule has 0 bridgehead atoms. The van der Waals surface area contributed by atoms with Gasteiger partial charge in [0.25, 0.3) is 0 Å². The van der Waals surface area contributed by atoms with Crippen LogP contribution in [-0.4, -0.2) is 28.1 Å². The molecule has 2 rings (SSSR count). The zero-order valence-electron chi connectivity index (χ0n) is 11.4. The molecule has 1 amide bonds. The van der Waals surface area contributed by atoms with E-state index in [1.54, 1.807) is 22.9 Å². The lowest BCUT2D eigenvalue weighted by molar-refractivity contribution is -0.121. The monoisotopic (exact) mass is 274 g/mol. The van der Waals surface area contributed by atoms with Gasteiger partial charge in [-0.1, -0.05) is 25.5 Å². The van der Waals surface area contributed by atoms with Crippen LogP contribution in [0.5, 0.6) is 0 Å². The molecule has 0 spiro atoms.